The Bertz CT molecular complexity index is 509. The molecule has 0 saturated heterocycles. The summed E-state index contributed by atoms with van der Waals surface area (Å²) < 4.78 is 30.6. The van der Waals surface area contributed by atoms with E-state index in [1.165, 1.54) is 0 Å². The van der Waals surface area contributed by atoms with Gasteiger partial charge in [0.1, 0.15) is 0 Å². The van der Waals surface area contributed by atoms with Crippen LogP contribution in [0.1, 0.15) is 59.3 Å². The minimum absolute atomic E-state index is 0.0422. The second-order valence-corrected chi connectivity index (χ2v) is 9.44. The quantitative estimate of drug-likeness (QED) is 0.433. The van der Waals surface area contributed by atoms with Crippen LogP contribution in [0.15, 0.2) is 0 Å². The number of hydrogen-bond donors (Lipinski definition) is 0. The molecule has 2 saturated carbocycles. The molecular formula is C16H29NO5S. The van der Waals surface area contributed by atoms with Gasteiger partial charge in [0.25, 0.3) is 10.1 Å². The highest BCUT2D eigenvalue weighted by Crippen LogP contribution is 2.38. The Morgan fingerprint density at radius 3 is 2.22 bits per heavy atom. The van der Waals surface area contributed by atoms with Crippen LogP contribution in [0.5, 0.6) is 0 Å². The smallest absolute Gasteiger partial charge is 0.269 e. The average Bonchev–Trinajstić information content (AvgIpc) is 2.44. The van der Waals surface area contributed by atoms with E-state index < -0.39 is 21.4 Å². The molecule has 2 fully saturated rings. The van der Waals surface area contributed by atoms with Crippen molar-refractivity contribution in [3.8, 4) is 0 Å². The van der Waals surface area contributed by atoms with E-state index in [-0.39, 0.29) is 29.3 Å². The molecule has 0 aromatic rings. The molecule has 0 aromatic carbocycles. The Labute approximate surface area is 139 Å². The molecule has 0 heterocycles. The first-order valence-corrected chi connectivity index (χ1v) is 10.2. The Kier molecular flexibility index (Phi) is 6.05. The van der Waals surface area contributed by atoms with Crippen LogP contribution in [0.25, 0.3) is 0 Å². The van der Waals surface area contributed by atoms with Crippen LogP contribution in [0.3, 0.4) is 0 Å². The lowest BCUT2D eigenvalue weighted by atomic mass is 9.77. The lowest BCUT2D eigenvalue weighted by Crippen LogP contribution is -2.42. The van der Waals surface area contributed by atoms with Gasteiger partial charge in [-0.25, -0.2) is 0 Å². The van der Waals surface area contributed by atoms with Crippen molar-refractivity contribution in [3.05, 3.63) is 10.1 Å². The summed E-state index contributed by atoms with van der Waals surface area (Å²) in [7, 11) is -3.68. The van der Waals surface area contributed by atoms with Gasteiger partial charge in [-0.05, 0) is 43.4 Å². The molecule has 0 amide bonds. The van der Waals surface area contributed by atoms with E-state index >= 15 is 0 Å². The van der Waals surface area contributed by atoms with Crippen molar-refractivity contribution in [2.45, 2.75) is 70.6 Å². The Balaban J connectivity index is 2.01. The van der Waals surface area contributed by atoms with Gasteiger partial charge in [0, 0.05) is 11.3 Å². The third-order valence-electron chi connectivity index (χ3n) is 5.59. The normalized spacial score (nSPS) is 39.1. The average molecular weight is 347 g/mol. The van der Waals surface area contributed by atoms with E-state index in [4.69, 9.17) is 4.18 Å². The van der Waals surface area contributed by atoms with Crippen molar-refractivity contribution in [2.75, 3.05) is 6.61 Å². The van der Waals surface area contributed by atoms with Gasteiger partial charge >= 0.3 is 0 Å². The molecule has 2 aliphatic carbocycles. The summed E-state index contributed by atoms with van der Waals surface area (Å²) >= 11 is 0. The standard InChI is InChI=1S/C16H29NO5S/c1-11-8-12(2)16(13(3)9-11)23(20,21)22-10-14-6-4-5-7-15(14)17(18)19/h11-16H,4-10H2,1-3H3. The summed E-state index contributed by atoms with van der Waals surface area (Å²) in [4.78, 5) is 10.9. The van der Waals surface area contributed by atoms with Gasteiger partial charge in [0.15, 0.2) is 0 Å². The number of rotatable bonds is 5. The van der Waals surface area contributed by atoms with Crippen molar-refractivity contribution in [2.24, 2.45) is 23.7 Å². The zero-order valence-corrected chi connectivity index (χ0v) is 15.1. The molecule has 134 valence electrons. The molecule has 7 heteroatoms. The van der Waals surface area contributed by atoms with E-state index in [1.807, 2.05) is 13.8 Å². The van der Waals surface area contributed by atoms with E-state index in [0.29, 0.717) is 18.8 Å². The maximum Gasteiger partial charge on any atom is 0.270 e. The van der Waals surface area contributed by atoms with Gasteiger partial charge in [0.2, 0.25) is 6.04 Å². The summed E-state index contributed by atoms with van der Waals surface area (Å²) in [5.74, 6) is 0.373. The lowest BCUT2D eigenvalue weighted by molar-refractivity contribution is -0.536. The highest BCUT2D eigenvalue weighted by molar-refractivity contribution is 7.87. The predicted octanol–water partition coefficient (Wildman–Crippen LogP) is 3.24. The molecule has 0 N–H and O–H groups in total. The number of nitro groups is 1. The molecule has 4 unspecified atom stereocenters. The monoisotopic (exact) mass is 347 g/mol. The van der Waals surface area contributed by atoms with Crippen molar-refractivity contribution in [1.82, 2.24) is 0 Å². The Morgan fingerprint density at radius 2 is 1.65 bits per heavy atom. The fraction of sp³-hybridized carbons (Fsp3) is 1.00. The predicted molar refractivity (Wildman–Crippen MR) is 88.1 cm³/mol. The van der Waals surface area contributed by atoms with Crippen molar-refractivity contribution in [3.63, 3.8) is 0 Å². The molecule has 4 atom stereocenters. The highest BCUT2D eigenvalue weighted by Gasteiger charge is 2.42. The molecule has 2 aliphatic rings. The third kappa shape index (κ3) is 4.44. The van der Waals surface area contributed by atoms with Gasteiger partial charge in [-0.15, -0.1) is 0 Å². The molecule has 0 spiro atoms. The Hall–Kier alpha value is -0.690. The summed E-state index contributed by atoms with van der Waals surface area (Å²) in [5, 5.41) is 10.6. The summed E-state index contributed by atoms with van der Waals surface area (Å²) in [5.41, 5.74) is 0. The number of hydrogen-bond acceptors (Lipinski definition) is 5. The van der Waals surface area contributed by atoms with Gasteiger partial charge in [0.05, 0.1) is 17.8 Å². The first kappa shape index (κ1) is 18.6. The molecule has 0 radical (unpaired) electrons. The molecule has 6 nitrogen and oxygen atoms in total. The zero-order valence-electron chi connectivity index (χ0n) is 14.3. The summed E-state index contributed by atoms with van der Waals surface area (Å²) in [6.07, 6.45) is 4.72. The largest absolute Gasteiger partial charge is 0.270 e. The topological polar surface area (TPSA) is 86.5 Å². The fourth-order valence-corrected chi connectivity index (χ4v) is 6.57. The Morgan fingerprint density at radius 1 is 1.09 bits per heavy atom. The molecule has 23 heavy (non-hydrogen) atoms. The summed E-state index contributed by atoms with van der Waals surface area (Å²) in [6, 6.07) is -0.667. The molecule has 0 bridgehead atoms. The second kappa shape index (κ2) is 7.47. The first-order chi connectivity index (χ1) is 10.7. The highest BCUT2D eigenvalue weighted by atomic mass is 32.2. The molecule has 0 aromatic heterocycles. The van der Waals surface area contributed by atoms with Crippen LogP contribution >= 0.6 is 0 Å². The number of nitrogens with zero attached hydrogens (tertiary/aromatic N) is 1. The molecular weight excluding hydrogens is 318 g/mol. The maximum atomic E-state index is 12.6. The van der Waals surface area contributed by atoms with Crippen molar-refractivity contribution < 1.29 is 17.5 Å². The van der Waals surface area contributed by atoms with Crippen LogP contribution in [0, 0.1) is 33.8 Å². The van der Waals surface area contributed by atoms with E-state index in [2.05, 4.69) is 6.92 Å². The third-order valence-corrected chi connectivity index (χ3v) is 7.65. The summed E-state index contributed by atoms with van der Waals surface area (Å²) in [6.45, 7) is 6.05. The van der Waals surface area contributed by atoms with Crippen LogP contribution < -0.4 is 0 Å². The van der Waals surface area contributed by atoms with Crippen LogP contribution in [-0.2, 0) is 14.3 Å². The zero-order chi connectivity index (χ0) is 17.2. The van der Waals surface area contributed by atoms with Crippen molar-refractivity contribution >= 4 is 10.1 Å². The molecule has 2 rings (SSSR count). The van der Waals surface area contributed by atoms with Crippen LogP contribution in [-0.4, -0.2) is 31.2 Å². The van der Waals surface area contributed by atoms with Crippen molar-refractivity contribution in [1.29, 1.82) is 0 Å². The van der Waals surface area contributed by atoms with Gasteiger partial charge < -0.3 is 0 Å². The SMILES string of the molecule is CC1CC(C)C(S(=O)(=O)OCC2CCCCC2[N+](=O)[O-])C(C)C1. The van der Waals surface area contributed by atoms with Crippen LogP contribution in [0.2, 0.25) is 0 Å². The van der Waals surface area contributed by atoms with Gasteiger partial charge in [-0.3, -0.25) is 14.3 Å². The van der Waals surface area contributed by atoms with E-state index in [0.717, 1.165) is 25.7 Å². The second-order valence-electron chi connectivity index (χ2n) is 7.67. The van der Waals surface area contributed by atoms with E-state index in [9.17, 15) is 18.5 Å². The lowest BCUT2D eigenvalue weighted by Gasteiger charge is -2.37. The van der Waals surface area contributed by atoms with Gasteiger partial charge in [-0.2, -0.15) is 8.42 Å². The first-order valence-electron chi connectivity index (χ1n) is 8.74. The molecule has 0 aliphatic heterocycles. The fourth-order valence-electron chi connectivity index (χ4n) is 4.68. The minimum Gasteiger partial charge on any atom is -0.269 e. The van der Waals surface area contributed by atoms with E-state index in [1.54, 1.807) is 0 Å². The maximum absolute atomic E-state index is 12.6. The minimum atomic E-state index is -3.68. The van der Waals surface area contributed by atoms with Gasteiger partial charge in [-0.1, -0.05) is 27.2 Å². The van der Waals surface area contributed by atoms with Crippen LogP contribution in [0.4, 0.5) is 0 Å².